The molecule has 4 nitrogen and oxygen atoms in total. The van der Waals surface area contributed by atoms with E-state index in [4.69, 9.17) is 0 Å². The van der Waals surface area contributed by atoms with Crippen LogP contribution < -0.4 is 10.9 Å². The van der Waals surface area contributed by atoms with Crippen molar-refractivity contribution in [1.82, 2.24) is 15.3 Å². The Morgan fingerprint density at radius 1 is 1.53 bits per heavy atom. The molecule has 0 saturated heterocycles. The molecular formula is C13H21N3O. The maximum atomic E-state index is 11.9. The summed E-state index contributed by atoms with van der Waals surface area (Å²) in [5, 5.41) is 3.29. The van der Waals surface area contributed by atoms with Crippen LogP contribution in [0.5, 0.6) is 0 Å². The minimum absolute atomic E-state index is 0.00847. The van der Waals surface area contributed by atoms with Crippen molar-refractivity contribution in [3.63, 3.8) is 0 Å². The van der Waals surface area contributed by atoms with E-state index in [-0.39, 0.29) is 11.1 Å². The van der Waals surface area contributed by atoms with E-state index in [1.807, 2.05) is 0 Å². The van der Waals surface area contributed by atoms with Crippen LogP contribution in [0.3, 0.4) is 0 Å². The zero-order chi connectivity index (χ0) is 12.6. The van der Waals surface area contributed by atoms with E-state index < -0.39 is 0 Å². The Hall–Kier alpha value is -1.16. The van der Waals surface area contributed by atoms with E-state index in [0.717, 1.165) is 12.2 Å². The van der Waals surface area contributed by atoms with Crippen molar-refractivity contribution < 1.29 is 0 Å². The van der Waals surface area contributed by atoms with Gasteiger partial charge < -0.3 is 10.3 Å². The standard InChI is InChI=1S/C13H21N3O/c1-8-5-10(8)11-14-6-9(12(17)16-11)7-15-13(2,3)4/h6,8,10,15H,5,7H2,1-4H3,(H,14,16,17). The average molecular weight is 235 g/mol. The Balaban J connectivity index is 2.07. The molecule has 4 heteroatoms. The van der Waals surface area contributed by atoms with Crippen LogP contribution in [-0.4, -0.2) is 15.5 Å². The Kier molecular flexibility index (Phi) is 3.08. The molecule has 1 fully saturated rings. The molecule has 0 aromatic carbocycles. The van der Waals surface area contributed by atoms with E-state index in [2.05, 4.69) is 43.0 Å². The van der Waals surface area contributed by atoms with E-state index in [1.54, 1.807) is 6.20 Å². The maximum absolute atomic E-state index is 11.9. The Morgan fingerprint density at radius 3 is 2.65 bits per heavy atom. The SMILES string of the molecule is CC1CC1c1ncc(CNC(C)(C)C)c(=O)[nH]1. The molecule has 2 rings (SSSR count). The summed E-state index contributed by atoms with van der Waals surface area (Å²) in [5.74, 6) is 1.98. The number of nitrogens with zero attached hydrogens (tertiary/aromatic N) is 1. The lowest BCUT2D eigenvalue weighted by molar-refractivity contribution is 0.422. The third kappa shape index (κ3) is 3.16. The van der Waals surface area contributed by atoms with Gasteiger partial charge in [0, 0.05) is 29.8 Å². The highest BCUT2D eigenvalue weighted by Crippen LogP contribution is 2.44. The predicted molar refractivity (Wildman–Crippen MR) is 68.0 cm³/mol. The minimum Gasteiger partial charge on any atom is -0.310 e. The second-order valence-electron chi connectivity index (χ2n) is 6.05. The molecule has 17 heavy (non-hydrogen) atoms. The van der Waals surface area contributed by atoms with Gasteiger partial charge in [0.05, 0.1) is 0 Å². The largest absolute Gasteiger partial charge is 0.310 e. The van der Waals surface area contributed by atoms with Crippen molar-refractivity contribution in [3.8, 4) is 0 Å². The molecule has 0 amide bonds. The molecule has 1 aliphatic carbocycles. The van der Waals surface area contributed by atoms with Crippen LogP contribution in [0.2, 0.25) is 0 Å². The van der Waals surface area contributed by atoms with Crippen LogP contribution in [0.1, 0.15) is 51.4 Å². The smallest absolute Gasteiger partial charge is 0.255 e. The van der Waals surface area contributed by atoms with Crippen LogP contribution in [0.15, 0.2) is 11.0 Å². The second-order valence-corrected chi connectivity index (χ2v) is 6.05. The molecule has 1 aromatic heterocycles. The number of H-pyrrole nitrogens is 1. The van der Waals surface area contributed by atoms with Gasteiger partial charge in [-0.3, -0.25) is 4.79 Å². The zero-order valence-corrected chi connectivity index (χ0v) is 11.0. The van der Waals surface area contributed by atoms with Crippen LogP contribution >= 0.6 is 0 Å². The number of hydrogen-bond donors (Lipinski definition) is 2. The predicted octanol–water partition coefficient (Wildman–Crippen LogP) is 1.78. The van der Waals surface area contributed by atoms with Gasteiger partial charge in [-0.05, 0) is 33.1 Å². The first-order chi connectivity index (χ1) is 7.87. The Labute approximate surface area is 102 Å². The zero-order valence-electron chi connectivity index (χ0n) is 11.0. The van der Waals surface area contributed by atoms with Gasteiger partial charge in [0.2, 0.25) is 0 Å². The fourth-order valence-electron chi connectivity index (χ4n) is 1.81. The van der Waals surface area contributed by atoms with Gasteiger partial charge in [0.1, 0.15) is 5.82 Å². The summed E-state index contributed by atoms with van der Waals surface area (Å²) in [5.41, 5.74) is 0.707. The third-order valence-corrected chi connectivity index (χ3v) is 3.16. The summed E-state index contributed by atoms with van der Waals surface area (Å²) in [4.78, 5) is 19.1. The molecule has 1 heterocycles. The number of hydrogen-bond acceptors (Lipinski definition) is 3. The molecule has 0 aliphatic heterocycles. The first kappa shape index (κ1) is 12.3. The van der Waals surface area contributed by atoms with Crippen LogP contribution in [0, 0.1) is 5.92 Å². The summed E-state index contributed by atoms with van der Waals surface area (Å²) < 4.78 is 0. The van der Waals surface area contributed by atoms with Gasteiger partial charge >= 0.3 is 0 Å². The molecule has 0 bridgehead atoms. The maximum Gasteiger partial charge on any atom is 0.255 e. The second kappa shape index (κ2) is 4.26. The Bertz CT molecular complexity index is 458. The molecule has 2 atom stereocenters. The summed E-state index contributed by atoms with van der Waals surface area (Å²) in [6, 6.07) is 0. The van der Waals surface area contributed by atoms with Crippen LogP contribution in [0.25, 0.3) is 0 Å². The van der Waals surface area contributed by atoms with Gasteiger partial charge in [-0.2, -0.15) is 0 Å². The fraction of sp³-hybridized carbons (Fsp3) is 0.692. The lowest BCUT2D eigenvalue weighted by Gasteiger charge is -2.20. The van der Waals surface area contributed by atoms with Crippen LogP contribution in [0.4, 0.5) is 0 Å². The fourth-order valence-corrected chi connectivity index (χ4v) is 1.81. The summed E-state index contributed by atoms with van der Waals surface area (Å²) in [6.45, 7) is 8.98. The van der Waals surface area contributed by atoms with Gasteiger partial charge in [0.25, 0.3) is 5.56 Å². The van der Waals surface area contributed by atoms with E-state index in [0.29, 0.717) is 23.9 Å². The van der Waals surface area contributed by atoms with E-state index >= 15 is 0 Å². The van der Waals surface area contributed by atoms with Gasteiger partial charge in [-0.25, -0.2) is 4.98 Å². The van der Waals surface area contributed by atoms with Crippen molar-refractivity contribution in [2.24, 2.45) is 5.92 Å². The van der Waals surface area contributed by atoms with Crippen molar-refractivity contribution in [1.29, 1.82) is 0 Å². The highest BCUT2D eigenvalue weighted by molar-refractivity contribution is 5.13. The number of rotatable bonds is 3. The molecule has 1 saturated carbocycles. The molecule has 2 N–H and O–H groups in total. The van der Waals surface area contributed by atoms with Crippen molar-refractivity contribution in [2.75, 3.05) is 0 Å². The number of aromatic nitrogens is 2. The number of nitrogens with one attached hydrogen (secondary N) is 2. The van der Waals surface area contributed by atoms with Gasteiger partial charge in [-0.1, -0.05) is 6.92 Å². The minimum atomic E-state index is -0.00847. The molecule has 1 aromatic rings. The van der Waals surface area contributed by atoms with Gasteiger partial charge in [-0.15, -0.1) is 0 Å². The van der Waals surface area contributed by atoms with Crippen molar-refractivity contribution in [2.45, 2.75) is 52.1 Å². The van der Waals surface area contributed by atoms with E-state index in [9.17, 15) is 4.79 Å². The number of aromatic amines is 1. The first-order valence-corrected chi connectivity index (χ1v) is 6.20. The highest BCUT2D eigenvalue weighted by Gasteiger charge is 2.36. The molecule has 1 aliphatic rings. The third-order valence-electron chi connectivity index (χ3n) is 3.16. The van der Waals surface area contributed by atoms with Gasteiger partial charge in [0.15, 0.2) is 0 Å². The van der Waals surface area contributed by atoms with Crippen molar-refractivity contribution in [3.05, 3.63) is 27.9 Å². The highest BCUT2D eigenvalue weighted by atomic mass is 16.1. The first-order valence-electron chi connectivity index (χ1n) is 6.20. The quantitative estimate of drug-likeness (QED) is 0.839. The molecule has 0 radical (unpaired) electrons. The lowest BCUT2D eigenvalue weighted by atomic mass is 10.1. The normalized spacial score (nSPS) is 23.8. The monoisotopic (exact) mass is 235 g/mol. The summed E-state index contributed by atoms with van der Waals surface area (Å²) in [6.07, 6.45) is 2.85. The average Bonchev–Trinajstić information content (AvgIpc) is 2.92. The molecule has 0 spiro atoms. The van der Waals surface area contributed by atoms with Crippen LogP contribution in [-0.2, 0) is 6.54 Å². The molecule has 94 valence electrons. The lowest BCUT2D eigenvalue weighted by Crippen LogP contribution is -2.36. The topological polar surface area (TPSA) is 57.8 Å². The summed E-state index contributed by atoms with van der Waals surface area (Å²) in [7, 11) is 0. The van der Waals surface area contributed by atoms with E-state index in [1.165, 1.54) is 0 Å². The molecular weight excluding hydrogens is 214 g/mol. The van der Waals surface area contributed by atoms with Crippen molar-refractivity contribution >= 4 is 0 Å². The molecule has 2 unspecified atom stereocenters. The summed E-state index contributed by atoms with van der Waals surface area (Å²) >= 11 is 0. The Morgan fingerprint density at radius 2 is 2.18 bits per heavy atom.